The summed E-state index contributed by atoms with van der Waals surface area (Å²) in [6.45, 7) is 8.10. The SMILES string of the molecule is CC[C@](C)(O)c1nc([C@@H]2CC[C@@H](C)N(C(=O)c3ccsc3-n3nccn3)C2)oc1C. The fourth-order valence-corrected chi connectivity index (χ4v) is 4.75. The lowest BCUT2D eigenvalue weighted by Crippen LogP contribution is -2.45. The molecule has 0 unspecified atom stereocenters. The van der Waals surface area contributed by atoms with Crippen molar-refractivity contribution < 1.29 is 14.3 Å². The van der Waals surface area contributed by atoms with Crippen LogP contribution in [0.2, 0.25) is 0 Å². The summed E-state index contributed by atoms with van der Waals surface area (Å²) in [6.07, 6.45) is 5.49. The molecule has 30 heavy (non-hydrogen) atoms. The Morgan fingerprint density at radius 1 is 1.37 bits per heavy atom. The second-order valence-electron chi connectivity index (χ2n) is 8.12. The van der Waals surface area contributed by atoms with Gasteiger partial charge in [-0.15, -0.1) is 16.1 Å². The maximum atomic E-state index is 13.4. The molecule has 1 N–H and O–H groups in total. The summed E-state index contributed by atoms with van der Waals surface area (Å²) in [7, 11) is 0. The van der Waals surface area contributed by atoms with Crippen molar-refractivity contribution in [3.63, 3.8) is 0 Å². The quantitative estimate of drug-likeness (QED) is 0.665. The lowest BCUT2D eigenvalue weighted by Gasteiger charge is -2.37. The standard InChI is InChI=1S/C21H27N5O3S/c1-5-21(4,28)17-14(3)29-18(24-17)15-7-6-13(2)25(12-15)19(27)16-8-11-30-20(16)26-22-9-10-23-26/h8-11,13,15,28H,5-7,12H2,1-4H3/t13-,15-,21+/m1/s1. The first-order chi connectivity index (χ1) is 14.3. The Kier molecular flexibility index (Phi) is 5.50. The van der Waals surface area contributed by atoms with Crippen molar-refractivity contribution in [1.29, 1.82) is 0 Å². The van der Waals surface area contributed by atoms with Gasteiger partial charge in [0.25, 0.3) is 5.91 Å². The highest BCUT2D eigenvalue weighted by molar-refractivity contribution is 7.12. The van der Waals surface area contributed by atoms with Crippen molar-refractivity contribution in [2.24, 2.45) is 0 Å². The molecule has 0 saturated carbocycles. The Balaban J connectivity index is 1.59. The van der Waals surface area contributed by atoms with Gasteiger partial charge in [-0.05, 0) is 51.5 Å². The molecule has 0 aliphatic carbocycles. The average Bonchev–Trinajstić information content (AvgIpc) is 3.47. The number of likely N-dealkylation sites (tertiary alicyclic amines) is 1. The van der Waals surface area contributed by atoms with Crippen LogP contribution in [0.5, 0.6) is 0 Å². The number of hydrogen-bond donors (Lipinski definition) is 1. The number of thiophene rings is 1. The number of rotatable bonds is 5. The summed E-state index contributed by atoms with van der Waals surface area (Å²) in [4.78, 5) is 21.4. The van der Waals surface area contributed by atoms with Gasteiger partial charge in [0, 0.05) is 12.6 Å². The number of oxazole rings is 1. The maximum Gasteiger partial charge on any atom is 0.257 e. The third-order valence-corrected chi connectivity index (χ3v) is 6.86. The Morgan fingerprint density at radius 3 is 2.80 bits per heavy atom. The van der Waals surface area contributed by atoms with Crippen molar-refractivity contribution in [1.82, 2.24) is 24.9 Å². The van der Waals surface area contributed by atoms with Gasteiger partial charge in [-0.3, -0.25) is 4.79 Å². The first kappa shape index (κ1) is 20.7. The number of nitrogens with zero attached hydrogens (tertiary/aromatic N) is 5. The number of carbonyl (C=O) groups is 1. The van der Waals surface area contributed by atoms with E-state index in [2.05, 4.69) is 22.1 Å². The average molecular weight is 430 g/mol. The van der Waals surface area contributed by atoms with Crippen LogP contribution in [-0.4, -0.2) is 48.5 Å². The molecule has 1 saturated heterocycles. The molecule has 0 aromatic carbocycles. The van der Waals surface area contributed by atoms with Crippen LogP contribution < -0.4 is 0 Å². The van der Waals surface area contributed by atoms with Crippen LogP contribution in [0.4, 0.5) is 0 Å². The van der Waals surface area contributed by atoms with E-state index in [4.69, 9.17) is 4.42 Å². The van der Waals surface area contributed by atoms with Crippen molar-refractivity contribution >= 4 is 17.2 Å². The second kappa shape index (κ2) is 7.96. The van der Waals surface area contributed by atoms with Gasteiger partial charge in [0.2, 0.25) is 0 Å². The first-order valence-electron chi connectivity index (χ1n) is 10.3. The zero-order chi connectivity index (χ0) is 21.5. The van der Waals surface area contributed by atoms with Crippen LogP contribution in [-0.2, 0) is 5.60 Å². The Labute approximate surface area is 179 Å². The predicted octanol–water partition coefficient (Wildman–Crippen LogP) is 3.65. The van der Waals surface area contributed by atoms with Crippen LogP contribution in [0.3, 0.4) is 0 Å². The second-order valence-corrected chi connectivity index (χ2v) is 9.02. The molecule has 8 nitrogen and oxygen atoms in total. The van der Waals surface area contributed by atoms with E-state index in [1.54, 1.807) is 19.3 Å². The van der Waals surface area contributed by atoms with Crippen molar-refractivity contribution in [3.8, 4) is 5.00 Å². The van der Waals surface area contributed by atoms with Gasteiger partial charge in [-0.1, -0.05) is 6.92 Å². The summed E-state index contributed by atoms with van der Waals surface area (Å²) < 4.78 is 5.95. The summed E-state index contributed by atoms with van der Waals surface area (Å²) in [5.74, 6) is 1.19. The highest BCUT2D eigenvalue weighted by Crippen LogP contribution is 2.35. The van der Waals surface area contributed by atoms with Crippen LogP contribution in [0.1, 0.15) is 73.7 Å². The number of carbonyl (C=O) groups excluding carboxylic acids is 1. The van der Waals surface area contributed by atoms with Gasteiger partial charge in [-0.2, -0.15) is 10.2 Å². The Hall–Kier alpha value is -2.52. The van der Waals surface area contributed by atoms with Gasteiger partial charge in [0.1, 0.15) is 17.1 Å². The molecule has 160 valence electrons. The lowest BCUT2D eigenvalue weighted by molar-refractivity contribution is 0.0473. The fourth-order valence-electron chi connectivity index (χ4n) is 3.94. The van der Waals surface area contributed by atoms with Gasteiger partial charge in [0.05, 0.1) is 23.9 Å². The molecular weight excluding hydrogens is 402 g/mol. The third kappa shape index (κ3) is 3.67. The van der Waals surface area contributed by atoms with Crippen LogP contribution in [0.25, 0.3) is 5.00 Å². The Morgan fingerprint density at radius 2 is 2.10 bits per heavy atom. The molecule has 0 bridgehead atoms. The van der Waals surface area contributed by atoms with E-state index in [0.29, 0.717) is 40.9 Å². The highest BCUT2D eigenvalue weighted by Gasteiger charge is 2.36. The summed E-state index contributed by atoms with van der Waals surface area (Å²) in [6, 6.07) is 1.94. The minimum atomic E-state index is -1.02. The van der Waals surface area contributed by atoms with Gasteiger partial charge >= 0.3 is 0 Å². The zero-order valence-electron chi connectivity index (χ0n) is 17.7. The van der Waals surface area contributed by atoms with E-state index < -0.39 is 5.60 Å². The highest BCUT2D eigenvalue weighted by atomic mass is 32.1. The molecule has 3 atom stereocenters. The van der Waals surface area contributed by atoms with Gasteiger partial charge in [0.15, 0.2) is 10.9 Å². The van der Waals surface area contributed by atoms with E-state index in [1.165, 1.54) is 16.1 Å². The number of aromatic nitrogens is 4. The van der Waals surface area contributed by atoms with Crippen LogP contribution >= 0.6 is 11.3 Å². The summed E-state index contributed by atoms with van der Waals surface area (Å²) in [5.41, 5.74) is 0.161. The molecule has 1 fully saturated rings. The molecule has 0 spiro atoms. The Bertz CT molecular complexity index is 1020. The minimum Gasteiger partial charge on any atom is -0.445 e. The maximum absolute atomic E-state index is 13.4. The van der Waals surface area contributed by atoms with Crippen molar-refractivity contribution in [3.05, 3.63) is 46.7 Å². The smallest absolute Gasteiger partial charge is 0.257 e. The molecule has 1 aliphatic heterocycles. The van der Waals surface area contributed by atoms with E-state index in [9.17, 15) is 9.90 Å². The van der Waals surface area contributed by atoms with Gasteiger partial charge < -0.3 is 14.4 Å². The lowest BCUT2D eigenvalue weighted by atomic mass is 9.92. The van der Waals surface area contributed by atoms with Crippen LogP contribution in [0, 0.1) is 6.92 Å². The first-order valence-corrected chi connectivity index (χ1v) is 11.1. The van der Waals surface area contributed by atoms with E-state index in [1.807, 2.05) is 30.2 Å². The summed E-state index contributed by atoms with van der Waals surface area (Å²) >= 11 is 1.44. The fraction of sp³-hybridized carbons (Fsp3) is 0.524. The largest absolute Gasteiger partial charge is 0.445 e. The normalized spacial score (nSPS) is 21.6. The molecule has 1 amide bonds. The predicted molar refractivity (Wildman–Crippen MR) is 113 cm³/mol. The van der Waals surface area contributed by atoms with Crippen molar-refractivity contribution in [2.45, 2.75) is 64.5 Å². The number of aryl methyl sites for hydroxylation is 1. The minimum absolute atomic E-state index is 0.00447. The van der Waals surface area contributed by atoms with Gasteiger partial charge in [-0.25, -0.2) is 4.98 Å². The molecule has 9 heteroatoms. The number of piperidine rings is 1. The zero-order valence-corrected chi connectivity index (χ0v) is 18.5. The third-order valence-electron chi connectivity index (χ3n) is 5.98. The molecule has 0 radical (unpaired) electrons. The van der Waals surface area contributed by atoms with E-state index in [0.717, 1.165) is 12.8 Å². The molecule has 4 heterocycles. The molecule has 3 aromatic rings. The molecule has 1 aliphatic rings. The molecule has 3 aromatic heterocycles. The topological polar surface area (TPSA) is 97.3 Å². The monoisotopic (exact) mass is 429 g/mol. The van der Waals surface area contributed by atoms with E-state index >= 15 is 0 Å². The number of hydrogen-bond acceptors (Lipinski definition) is 7. The summed E-state index contributed by atoms with van der Waals surface area (Å²) in [5, 5.41) is 21.6. The van der Waals surface area contributed by atoms with Crippen molar-refractivity contribution in [2.75, 3.05) is 6.54 Å². The number of amides is 1. The van der Waals surface area contributed by atoms with E-state index in [-0.39, 0.29) is 17.9 Å². The van der Waals surface area contributed by atoms with Crippen LogP contribution in [0.15, 0.2) is 28.3 Å². The number of aliphatic hydroxyl groups is 1. The molecule has 4 rings (SSSR count). The molecular formula is C21H27N5O3S.